The molecule has 1 N–H and O–H groups in total. The molecule has 1 saturated heterocycles. The fourth-order valence-corrected chi connectivity index (χ4v) is 2.20. The Labute approximate surface area is 105 Å². The van der Waals surface area contributed by atoms with Crippen molar-refractivity contribution < 1.29 is 4.79 Å². The lowest BCUT2D eigenvalue weighted by molar-refractivity contribution is -0.130. The van der Waals surface area contributed by atoms with E-state index in [4.69, 9.17) is 0 Å². The number of nitrogens with one attached hydrogen (secondary N) is 1. The maximum atomic E-state index is 12.0. The summed E-state index contributed by atoms with van der Waals surface area (Å²) in [4.78, 5) is 14.0. The van der Waals surface area contributed by atoms with Crippen molar-refractivity contribution in [2.45, 2.75) is 45.6 Å². The van der Waals surface area contributed by atoms with Crippen LogP contribution in [0.5, 0.6) is 0 Å². The summed E-state index contributed by atoms with van der Waals surface area (Å²) in [6.07, 6.45) is 4.23. The van der Waals surface area contributed by atoms with E-state index in [0.29, 0.717) is 12.6 Å². The molecular formula is C13H26N3O. The lowest BCUT2D eigenvalue weighted by Crippen LogP contribution is -2.44. The van der Waals surface area contributed by atoms with Gasteiger partial charge in [0.15, 0.2) is 0 Å². The average molecular weight is 240 g/mol. The van der Waals surface area contributed by atoms with Crippen molar-refractivity contribution in [3.63, 3.8) is 0 Å². The van der Waals surface area contributed by atoms with Crippen LogP contribution in [-0.4, -0.2) is 49.6 Å². The fourth-order valence-electron chi connectivity index (χ4n) is 2.20. The second-order valence-corrected chi connectivity index (χ2v) is 4.71. The Morgan fingerprint density at radius 1 is 1.24 bits per heavy atom. The van der Waals surface area contributed by atoms with E-state index in [-0.39, 0.29) is 5.91 Å². The molecule has 1 rings (SSSR count). The fraction of sp³-hybridized carbons (Fsp3) is 0.923. The predicted octanol–water partition coefficient (Wildman–Crippen LogP) is 0.991. The predicted molar refractivity (Wildman–Crippen MR) is 70.1 cm³/mol. The molecule has 4 nitrogen and oxygen atoms in total. The van der Waals surface area contributed by atoms with Crippen molar-refractivity contribution >= 4 is 5.91 Å². The summed E-state index contributed by atoms with van der Waals surface area (Å²) >= 11 is 0. The third kappa shape index (κ3) is 5.50. The van der Waals surface area contributed by atoms with Gasteiger partial charge in [-0.1, -0.05) is 13.8 Å². The van der Waals surface area contributed by atoms with E-state index in [1.54, 1.807) is 0 Å². The number of carbonyl (C=O) groups is 1. The topological polar surface area (TPSA) is 46.4 Å². The van der Waals surface area contributed by atoms with Crippen LogP contribution in [0.4, 0.5) is 0 Å². The van der Waals surface area contributed by atoms with Crippen LogP contribution in [0, 0.1) is 0 Å². The molecule has 1 heterocycles. The number of carbonyl (C=O) groups excluding carboxylic acids is 1. The highest BCUT2D eigenvalue weighted by atomic mass is 16.2. The summed E-state index contributed by atoms with van der Waals surface area (Å²) in [5.74, 6) is 0.246. The molecule has 0 bridgehead atoms. The molecule has 0 spiro atoms. The van der Waals surface area contributed by atoms with Gasteiger partial charge in [0.25, 0.3) is 0 Å². The Hall–Kier alpha value is -0.610. The van der Waals surface area contributed by atoms with Crippen molar-refractivity contribution in [2.24, 2.45) is 0 Å². The highest BCUT2D eigenvalue weighted by Crippen LogP contribution is 2.03. The molecule has 0 saturated carbocycles. The number of nitrogens with zero attached hydrogens (tertiary/aromatic N) is 2. The molecule has 1 radical (unpaired) electrons. The van der Waals surface area contributed by atoms with E-state index in [2.05, 4.69) is 24.5 Å². The summed E-state index contributed by atoms with van der Waals surface area (Å²) in [6, 6.07) is 0.488. The van der Waals surface area contributed by atoms with Crippen LogP contribution in [0.1, 0.15) is 39.5 Å². The van der Waals surface area contributed by atoms with Gasteiger partial charge in [-0.2, -0.15) is 0 Å². The number of amides is 1. The summed E-state index contributed by atoms with van der Waals surface area (Å²) in [5, 5.41) is 7.68. The summed E-state index contributed by atoms with van der Waals surface area (Å²) in [5.41, 5.74) is 0. The first-order valence-corrected chi connectivity index (χ1v) is 6.92. The molecule has 1 aliphatic rings. The van der Waals surface area contributed by atoms with Gasteiger partial charge in [0.2, 0.25) is 5.91 Å². The van der Waals surface area contributed by atoms with Crippen LogP contribution >= 0.6 is 0 Å². The molecule has 0 aromatic rings. The van der Waals surface area contributed by atoms with Gasteiger partial charge in [-0.15, -0.1) is 0 Å². The van der Waals surface area contributed by atoms with E-state index in [1.165, 1.54) is 0 Å². The molecule has 99 valence electrons. The Kier molecular flexibility index (Phi) is 7.21. The molecule has 0 aromatic carbocycles. The molecule has 1 aliphatic heterocycles. The van der Waals surface area contributed by atoms with Crippen molar-refractivity contribution in [1.82, 2.24) is 15.5 Å². The second kappa shape index (κ2) is 8.48. The monoisotopic (exact) mass is 240 g/mol. The standard InChI is InChI=1S/C13H26N3O/c1-3-9-16(10-4-2)13(17)11-15-12-5-7-14-8-6-12/h12,15H,3-11H2,1-2H3. The molecule has 0 unspecified atom stereocenters. The van der Waals surface area contributed by atoms with Crippen molar-refractivity contribution in [1.29, 1.82) is 0 Å². The Bertz CT molecular complexity index is 209. The minimum atomic E-state index is 0.246. The van der Waals surface area contributed by atoms with Crippen LogP contribution in [-0.2, 0) is 4.79 Å². The first-order valence-electron chi connectivity index (χ1n) is 6.92. The highest BCUT2D eigenvalue weighted by Gasteiger charge is 2.16. The summed E-state index contributed by atoms with van der Waals surface area (Å²) in [7, 11) is 0. The first kappa shape index (κ1) is 14.5. The third-order valence-electron chi connectivity index (χ3n) is 3.15. The van der Waals surface area contributed by atoms with E-state index in [1.807, 2.05) is 4.90 Å². The molecule has 0 aliphatic carbocycles. The summed E-state index contributed by atoms with van der Waals surface area (Å²) in [6.45, 7) is 8.38. The maximum absolute atomic E-state index is 12.0. The second-order valence-electron chi connectivity index (χ2n) is 4.71. The van der Waals surface area contributed by atoms with Gasteiger partial charge in [0.05, 0.1) is 6.54 Å². The number of hydrogen-bond donors (Lipinski definition) is 1. The van der Waals surface area contributed by atoms with Gasteiger partial charge in [0.1, 0.15) is 0 Å². The van der Waals surface area contributed by atoms with E-state index < -0.39 is 0 Å². The van der Waals surface area contributed by atoms with Crippen LogP contribution < -0.4 is 10.6 Å². The van der Waals surface area contributed by atoms with Gasteiger partial charge >= 0.3 is 0 Å². The van der Waals surface area contributed by atoms with Gasteiger partial charge in [-0.05, 0) is 25.7 Å². The molecule has 17 heavy (non-hydrogen) atoms. The molecule has 1 fully saturated rings. The third-order valence-corrected chi connectivity index (χ3v) is 3.15. The quantitative estimate of drug-likeness (QED) is 0.721. The van der Waals surface area contributed by atoms with E-state index in [9.17, 15) is 4.79 Å². The summed E-state index contributed by atoms with van der Waals surface area (Å²) < 4.78 is 0. The zero-order chi connectivity index (χ0) is 12.5. The Balaban J connectivity index is 2.25. The number of piperidine rings is 1. The maximum Gasteiger partial charge on any atom is 0.236 e. The van der Waals surface area contributed by atoms with Gasteiger partial charge in [-0.25, -0.2) is 5.32 Å². The van der Waals surface area contributed by atoms with E-state index in [0.717, 1.165) is 51.9 Å². The van der Waals surface area contributed by atoms with Crippen LogP contribution in [0.3, 0.4) is 0 Å². The molecule has 4 heteroatoms. The van der Waals surface area contributed by atoms with Gasteiger partial charge < -0.3 is 10.2 Å². The number of rotatable bonds is 7. The minimum absolute atomic E-state index is 0.246. The van der Waals surface area contributed by atoms with Gasteiger partial charge in [-0.3, -0.25) is 4.79 Å². The smallest absolute Gasteiger partial charge is 0.236 e. The van der Waals surface area contributed by atoms with E-state index >= 15 is 0 Å². The zero-order valence-corrected chi connectivity index (χ0v) is 11.2. The van der Waals surface area contributed by atoms with Crippen LogP contribution in [0.15, 0.2) is 0 Å². The largest absolute Gasteiger partial charge is 0.342 e. The van der Waals surface area contributed by atoms with Crippen molar-refractivity contribution in [2.75, 3.05) is 32.7 Å². The molecular weight excluding hydrogens is 214 g/mol. The SMILES string of the molecule is CCCN(CCC)C(=O)CNC1CC[N]CC1. The normalized spacial score (nSPS) is 17.1. The molecule has 0 aromatic heterocycles. The Morgan fingerprint density at radius 3 is 2.35 bits per heavy atom. The van der Waals surface area contributed by atoms with Crippen LogP contribution in [0.25, 0.3) is 0 Å². The Morgan fingerprint density at radius 2 is 1.82 bits per heavy atom. The molecule has 1 amide bonds. The molecule has 0 atom stereocenters. The lowest BCUT2D eigenvalue weighted by atomic mass is 10.1. The van der Waals surface area contributed by atoms with Crippen molar-refractivity contribution in [3.05, 3.63) is 0 Å². The lowest BCUT2D eigenvalue weighted by Gasteiger charge is -2.25. The average Bonchev–Trinajstić information content (AvgIpc) is 2.37. The van der Waals surface area contributed by atoms with Crippen LogP contribution in [0.2, 0.25) is 0 Å². The van der Waals surface area contributed by atoms with Crippen molar-refractivity contribution in [3.8, 4) is 0 Å². The number of hydrogen-bond acceptors (Lipinski definition) is 2. The van der Waals surface area contributed by atoms with Gasteiger partial charge in [0, 0.05) is 32.2 Å². The zero-order valence-electron chi connectivity index (χ0n) is 11.2. The first-order chi connectivity index (χ1) is 8.27. The minimum Gasteiger partial charge on any atom is -0.342 e. The highest BCUT2D eigenvalue weighted by molar-refractivity contribution is 5.78.